The molecule has 2 fully saturated rings. The van der Waals surface area contributed by atoms with Crippen molar-refractivity contribution < 1.29 is 24.2 Å². The van der Waals surface area contributed by atoms with Crippen LogP contribution in [0.15, 0.2) is 0 Å². The number of carboxylic acid groups (broad SMARTS) is 1. The van der Waals surface area contributed by atoms with Gasteiger partial charge < -0.3 is 19.5 Å². The standard InChI is InChI=1S/C15H25NO5/c1-15(2,3)21-10-6-8-16(9-7-10)13(17)11-4-5-12(20-11)14(18)19/h10-12H,4-9H2,1-3H3,(H,18,19)/t11-,12+/m0/s1. The molecule has 0 aromatic rings. The molecule has 0 aromatic heterocycles. The van der Waals surface area contributed by atoms with Crippen LogP contribution >= 0.6 is 0 Å². The lowest BCUT2D eigenvalue weighted by atomic mass is 10.0. The van der Waals surface area contributed by atoms with Gasteiger partial charge in [-0.25, -0.2) is 4.79 Å². The summed E-state index contributed by atoms with van der Waals surface area (Å²) < 4.78 is 11.3. The second kappa shape index (κ2) is 6.32. The molecule has 0 bridgehead atoms. The molecule has 0 aromatic carbocycles. The van der Waals surface area contributed by atoms with Crippen LogP contribution in [-0.4, -0.2) is 58.9 Å². The first-order chi connectivity index (χ1) is 9.76. The van der Waals surface area contributed by atoms with Crippen LogP contribution in [0.2, 0.25) is 0 Å². The van der Waals surface area contributed by atoms with Crippen molar-refractivity contribution >= 4 is 11.9 Å². The first-order valence-electron chi connectivity index (χ1n) is 7.61. The van der Waals surface area contributed by atoms with E-state index >= 15 is 0 Å². The second-order valence-corrected chi connectivity index (χ2v) is 6.78. The molecular weight excluding hydrogens is 274 g/mol. The van der Waals surface area contributed by atoms with Gasteiger partial charge in [0, 0.05) is 13.1 Å². The molecule has 2 atom stereocenters. The Morgan fingerprint density at radius 3 is 2.14 bits per heavy atom. The number of carbonyl (C=O) groups is 2. The zero-order valence-electron chi connectivity index (χ0n) is 13.0. The predicted octanol–water partition coefficient (Wildman–Crippen LogP) is 1.42. The monoisotopic (exact) mass is 299 g/mol. The van der Waals surface area contributed by atoms with Crippen LogP contribution in [0.3, 0.4) is 0 Å². The SMILES string of the molecule is CC(C)(C)OC1CCN(C(=O)[C@@H]2CC[C@H](C(=O)O)O2)CC1. The maximum absolute atomic E-state index is 12.3. The molecule has 1 amide bonds. The summed E-state index contributed by atoms with van der Waals surface area (Å²) in [4.78, 5) is 25.0. The fourth-order valence-electron chi connectivity index (χ4n) is 2.90. The van der Waals surface area contributed by atoms with Gasteiger partial charge in [-0.1, -0.05) is 0 Å². The molecule has 1 N–H and O–H groups in total. The van der Waals surface area contributed by atoms with Gasteiger partial charge in [0.05, 0.1) is 11.7 Å². The average Bonchev–Trinajstić information content (AvgIpc) is 2.86. The number of likely N-dealkylation sites (tertiary alicyclic amines) is 1. The fraction of sp³-hybridized carbons (Fsp3) is 0.867. The molecule has 6 nitrogen and oxygen atoms in total. The summed E-state index contributed by atoms with van der Waals surface area (Å²) >= 11 is 0. The Bertz CT molecular complexity index is 395. The highest BCUT2D eigenvalue weighted by molar-refractivity contribution is 5.82. The van der Waals surface area contributed by atoms with Crippen LogP contribution < -0.4 is 0 Å². The molecular formula is C15H25NO5. The minimum Gasteiger partial charge on any atom is -0.479 e. The third-order valence-electron chi connectivity index (χ3n) is 3.84. The van der Waals surface area contributed by atoms with Crippen molar-refractivity contribution in [2.24, 2.45) is 0 Å². The molecule has 2 saturated heterocycles. The maximum Gasteiger partial charge on any atom is 0.332 e. The Kier molecular flexibility index (Phi) is 4.88. The lowest BCUT2D eigenvalue weighted by Gasteiger charge is -2.36. The van der Waals surface area contributed by atoms with E-state index in [2.05, 4.69) is 0 Å². The van der Waals surface area contributed by atoms with Crippen LogP contribution in [0.1, 0.15) is 46.5 Å². The first kappa shape index (κ1) is 16.2. The molecule has 2 aliphatic rings. The third kappa shape index (κ3) is 4.41. The predicted molar refractivity (Wildman–Crippen MR) is 76.0 cm³/mol. The lowest BCUT2D eigenvalue weighted by Crippen LogP contribution is -2.46. The van der Waals surface area contributed by atoms with Crippen LogP contribution in [0.5, 0.6) is 0 Å². The third-order valence-corrected chi connectivity index (χ3v) is 3.84. The molecule has 2 heterocycles. The molecule has 21 heavy (non-hydrogen) atoms. The zero-order valence-corrected chi connectivity index (χ0v) is 13.0. The largest absolute Gasteiger partial charge is 0.479 e. The van der Waals surface area contributed by atoms with Gasteiger partial charge >= 0.3 is 5.97 Å². The maximum atomic E-state index is 12.3. The highest BCUT2D eigenvalue weighted by Crippen LogP contribution is 2.25. The van der Waals surface area contributed by atoms with E-state index in [1.54, 1.807) is 4.90 Å². The average molecular weight is 299 g/mol. The topological polar surface area (TPSA) is 76.1 Å². The molecule has 0 unspecified atom stereocenters. The normalized spacial score (nSPS) is 27.9. The van der Waals surface area contributed by atoms with Crippen molar-refractivity contribution in [1.82, 2.24) is 4.90 Å². The minimum absolute atomic E-state index is 0.0760. The van der Waals surface area contributed by atoms with E-state index in [1.807, 2.05) is 20.8 Å². The highest BCUT2D eigenvalue weighted by Gasteiger charge is 2.38. The van der Waals surface area contributed by atoms with Gasteiger partial charge in [-0.05, 0) is 46.5 Å². The van der Waals surface area contributed by atoms with Crippen molar-refractivity contribution in [3.05, 3.63) is 0 Å². The van der Waals surface area contributed by atoms with Crippen molar-refractivity contribution in [2.75, 3.05) is 13.1 Å². The van der Waals surface area contributed by atoms with Crippen molar-refractivity contribution in [2.45, 2.75) is 70.4 Å². The molecule has 0 saturated carbocycles. The number of piperidine rings is 1. The number of nitrogens with zero attached hydrogens (tertiary/aromatic N) is 1. The van der Waals surface area contributed by atoms with Crippen LogP contribution in [-0.2, 0) is 19.1 Å². The van der Waals surface area contributed by atoms with Gasteiger partial charge in [0.1, 0.15) is 6.10 Å². The summed E-state index contributed by atoms with van der Waals surface area (Å²) in [5.41, 5.74) is -0.167. The van der Waals surface area contributed by atoms with E-state index in [0.717, 1.165) is 12.8 Å². The second-order valence-electron chi connectivity index (χ2n) is 6.78. The molecule has 0 spiro atoms. The smallest absolute Gasteiger partial charge is 0.332 e. The van der Waals surface area contributed by atoms with Crippen LogP contribution in [0.4, 0.5) is 0 Å². The lowest BCUT2D eigenvalue weighted by molar-refractivity contribution is -0.156. The number of carbonyl (C=O) groups excluding carboxylic acids is 1. The number of rotatable bonds is 3. The first-order valence-corrected chi connectivity index (χ1v) is 7.61. The van der Waals surface area contributed by atoms with Crippen molar-refractivity contribution in [1.29, 1.82) is 0 Å². The van der Waals surface area contributed by atoms with E-state index in [0.29, 0.717) is 25.9 Å². The minimum atomic E-state index is -0.984. The van der Waals surface area contributed by atoms with Crippen LogP contribution in [0, 0.1) is 0 Å². The molecule has 2 rings (SSSR count). The molecule has 0 radical (unpaired) electrons. The molecule has 6 heteroatoms. The Morgan fingerprint density at radius 2 is 1.67 bits per heavy atom. The highest BCUT2D eigenvalue weighted by atomic mass is 16.5. The summed E-state index contributed by atoms with van der Waals surface area (Å²) in [5.74, 6) is -1.06. The fourth-order valence-corrected chi connectivity index (χ4v) is 2.90. The number of amides is 1. The zero-order chi connectivity index (χ0) is 15.6. The Balaban J connectivity index is 1.80. The summed E-state index contributed by atoms with van der Waals surface area (Å²) in [6, 6.07) is 0. The van der Waals surface area contributed by atoms with Gasteiger partial charge in [-0.15, -0.1) is 0 Å². The van der Waals surface area contributed by atoms with Crippen molar-refractivity contribution in [3.8, 4) is 0 Å². The summed E-state index contributed by atoms with van der Waals surface area (Å²) in [7, 11) is 0. The number of hydrogen-bond acceptors (Lipinski definition) is 4. The van der Waals surface area contributed by atoms with Gasteiger partial charge in [0.15, 0.2) is 6.10 Å². The van der Waals surface area contributed by atoms with Crippen LogP contribution in [0.25, 0.3) is 0 Å². The molecule has 120 valence electrons. The van der Waals surface area contributed by atoms with E-state index in [1.165, 1.54) is 0 Å². The summed E-state index contributed by atoms with van der Waals surface area (Å²) in [6.07, 6.45) is 1.30. The molecule has 0 aliphatic carbocycles. The Hall–Kier alpha value is -1.14. The summed E-state index contributed by atoms with van der Waals surface area (Å²) in [5, 5.41) is 8.90. The van der Waals surface area contributed by atoms with Crippen molar-refractivity contribution in [3.63, 3.8) is 0 Å². The number of aliphatic carboxylic acids is 1. The van der Waals surface area contributed by atoms with Gasteiger partial charge in [-0.2, -0.15) is 0 Å². The number of carboxylic acids is 1. The van der Waals surface area contributed by atoms with E-state index in [4.69, 9.17) is 14.6 Å². The number of hydrogen-bond donors (Lipinski definition) is 1. The number of ether oxygens (including phenoxy) is 2. The van der Waals surface area contributed by atoms with E-state index in [-0.39, 0.29) is 17.6 Å². The molecule has 2 aliphatic heterocycles. The quantitative estimate of drug-likeness (QED) is 0.853. The Morgan fingerprint density at radius 1 is 1.10 bits per heavy atom. The van der Waals surface area contributed by atoms with Gasteiger partial charge in [0.2, 0.25) is 0 Å². The van der Waals surface area contributed by atoms with E-state index < -0.39 is 18.2 Å². The van der Waals surface area contributed by atoms with Gasteiger partial charge in [0.25, 0.3) is 5.91 Å². The Labute approximate surface area is 125 Å². The van der Waals surface area contributed by atoms with E-state index in [9.17, 15) is 9.59 Å². The summed E-state index contributed by atoms with van der Waals surface area (Å²) in [6.45, 7) is 7.39. The van der Waals surface area contributed by atoms with Gasteiger partial charge in [-0.3, -0.25) is 4.79 Å².